The van der Waals surface area contributed by atoms with Gasteiger partial charge in [-0.05, 0) is 36.6 Å². The maximum Gasteiger partial charge on any atom is 0.119 e. The van der Waals surface area contributed by atoms with Gasteiger partial charge in [0.2, 0.25) is 0 Å². The fourth-order valence-corrected chi connectivity index (χ4v) is 1.67. The van der Waals surface area contributed by atoms with E-state index in [0.29, 0.717) is 5.75 Å². The van der Waals surface area contributed by atoms with Crippen LogP contribution in [0.4, 0.5) is 0 Å². The number of phenols is 1. The Hall–Kier alpha value is -1.76. The normalized spacial score (nSPS) is 10.3. The summed E-state index contributed by atoms with van der Waals surface area (Å²) in [5, 5.41) is 9.62. The molecule has 15 heavy (non-hydrogen) atoms. The van der Waals surface area contributed by atoms with Crippen molar-refractivity contribution in [3.63, 3.8) is 0 Å². The van der Waals surface area contributed by atoms with Gasteiger partial charge in [-0.25, -0.2) is 0 Å². The molecule has 0 aromatic heterocycles. The first-order chi connectivity index (χ1) is 7.18. The Morgan fingerprint density at radius 1 is 0.867 bits per heavy atom. The van der Waals surface area contributed by atoms with Crippen molar-refractivity contribution in [2.24, 2.45) is 0 Å². The van der Waals surface area contributed by atoms with Crippen molar-refractivity contribution in [2.45, 2.75) is 13.8 Å². The first kappa shape index (κ1) is 9.78. The maximum absolute atomic E-state index is 9.62. The van der Waals surface area contributed by atoms with Gasteiger partial charge in [0, 0.05) is 0 Å². The van der Waals surface area contributed by atoms with E-state index in [-0.39, 0.29) is 0 Å². The minimum Gasteiger partial charge on any atom is -0.508 e. The molecule has 76 valence electrons. The largest absolute Gasteiger partial charge is 0.508 e. The van der Waals surface area contributed by atoms with Crippen LogP contribution in [0.2, 0.25) is 0 Å². The van der Waals surface area contributed by atoms with Crippen LogP contribution in [0.25, 0.3) is 11.1 Å². The van der Waals surface area contributed by atoms with Gasteiger partial charge in [0.1, 0.15) is 5.75 Å². The smallest absolute Gasteiger partial charge is 0.119 e. The molecule has 0 aliphatic heterocycles. The Labute approximate surface area is 90.0 Å². The van der Waals surface area contributed by atoms with Crippen molar-refractivity contribution >= 4 is 0 Å². The fraction of sp³-hybridized carbons (Fsp3) is 0.143. The maximum atomic E-state index is 9.62. The molecule has 0 amide bonds. The highest BCUT2D eigenvalue weighted by atomic mass is 16.3. The molecule has 0 spiro atoms. The SMILES string of the molecule is Cc1ccc(-c2cccc(O)c2C)cc1. The van der Waals surface area contributed by atoms with Crippen molar-refractivity contribution < 1.29 is 5.11 Å². The Morgan fingerprint density at radius 2 is 1.53 bits per heavy atom. The number of aryl methyl sites for hydroxylation is 1. The van der Waals surface area contributed by atoms with Crippen molar-refractivity contribution in [1.82, 2.24) is 0 Å². The van der Waals surface area contributed by atoms with Crippen molar-refractivity contribution in [2.75, 3.05) is 0 Å². The van der Waals surface area contributed by atoms with Crippen LogP contribution in [-0.4, -0.2) is 5.11 Å². The van der Waals surface area contributed by atoms with E-state index in [1.807, 2.05) is 19.1 Å². The van der Waals surface area contributed by atoms with Gasteiger partial charge in [-0.2, -0.15) is 0 Å². The van der Waals surface area contributed by atoms with Crippen molar-refractivity contribution in [3.05, 3.63) is 53.6 Å². The summed E-state index contributed by atoms with van der Waals surface area (Å²) in [6, 6.07) is 13.9. The van der Waals surface area contributed by atoms with Crippen LogP contribution in [-0.2, 0) is 0 Å². The van der Waals surface area contributed by atoms with Gasteiger partial charge in [0.05, 0.1) is 0 Å². The number of hydrogen-bond donors (Lipinski definition) is 1. The summed E-state index contributed by atoms with van der Waals surface area (Å²) in [6.07, 6.45) is 0. The third kappa shape index (κ3) is 1.86. The van der Waals surface area contributed by atoms with Crippen LogP contribution in [0.3, 0.4) is 0 Å². The van der Waals surface area contributed by atoms with Gasteiger partial charge >= 0.3 is 0 Å². The zero-order valence-corrected chi connectivity index (χ0v) is 8.99. The second-order valence-corrected chi connectivity index (χ2v) is 3.82. The second-order valence-electron chi connectivity index (χ2n) is 3.82. The predicted octanol–water partition coefficient (Wildman–Crippen LogP) is 3.68. The summed E-state index contributed by atoms with van der Waals surface area (Å²) >= 11 is 0. The van der Waals surface area contributed by atoms with Gasteiger partial charge in [-0.1, -0.05) is 42.0 Å². The third-order valence-electron chi connectivity index (χ3n) is 2.67. The van der Waals surface area contributed by atoms with E-state index in [1.54, 1.807) is 6.07 Å². The molecule has 2 aromatic carbocycles. The summed E-state index contributed by atoms with van der Waals surface area (Å²) in [5.41, 5.74) is 4.42. The summed E-state index contributed by atoms with van der Waals surface area (Å²) < 4.78 is 0. The van der Waals surface area contributed by atoms with Gasteiger partial charge in [0.25, 0.3) is 0 Å². The fourth-order valence-electron chi connectivity index (χ4n) is 1.67. The van der Waals surface area contributed by atoms with Gasteiger partial charge < -0.3 is 5.11 Å². The zero-order chi connectivity index (χ0) is 10.8. The third-order valence-corrected chi connectivity index (χ3v) is 2.67. The number of hydrogen-bond acceptors (Lipinski definition) is 1. The van der Waals surface area contributed by atoms with Crippen LogP contribution in [0.5, 0.6) is 5.75 Å². The molecular formula is C14H14O. The summed E-state index contributed by atoms with van der Waals surface area (Å²) in [5.74, 6) is 0.355. The molecular weight excluding hydrogens is 184 g/mol. The van der Waals surface area contributed by atoms with Crippen LogP contribution in [0.15, 0.2) is 42.5 Å². The first-order valence-electron chi connectivity index (χ1n) is 5.04. The van der Waals surface area contributed by atoms with E-state index in [1.165, 1.54) is 5.56 Å². The lowest BCUT2D eigenvalue weighted by Gasteiger charge is -2.07. The van der Waals surface area contributed by atoms with E-state index >= 15 is 0 Å². The number of rotatable bonds is 1. The average molecular weight is 198 g/mol. The molecule has 0 saturated carbocycles. The molecule has 0 aliphatic carbocycles. The Bertz CT molecular complexity index is 469. The summed E-state index contributed by atoms with van der Waals surface area (Å²) in [4.78, 5) is 0. The molecule has 0 radical (unpaired) electrons. The monoisotopic (exact) mass is 198 g/mol. The summed E-state index contributed by atoms with van der Waals surface area (Å²) in [6.45, 7) is 4.00. The molecule has 0 fully saturated rings. The zero-order valence-electron chi connectivity index (χ0n) is 8.99. The number of aromatic hydroxyl groups is 1. The van der Waals surface area contributed by atoms with E-state index < -0.39 is 0 Å². The lowest BCUT2D eigenvalue weighted by molar-refractivity contribution is 0.471. The van der Waals surface area contributed by atoms with Crippen LogP contribution >= 0.6 is 0 Å². The molecule has 2 rings (SSSR count). The van der Waals surface area contributed by atoms with Crippen LogP contribution < -0.4 is 0 Å². The second kappa shape index (κ2) is 3.77. The van der Waals surface area contributed by atoms with Crippen molar-refractivity contribution in [1.29, 1.82) is 0 Å². The lowest BCUT2D eigenvalue weighted by atomic mass is 9.99. The molecule has 0 aliphatic rings. The molecule has 1 nitrogen and oxygen atoms in total. The topological polar surface area (TPSA) is 20.2 Å². The highest BCUT2D eigenvalue weighted by Crippen LogP contribution is 2.28. The summed E-state index contributed by atoms with van der Waals surface area (Å²) in [7, 11) is 0. The molecule has 1 heteroatoms. The quantitative estimate of drug-likeness (QED) is 0.741. The van der Waals surface area contributed by atoms with Gasteiger partial charge in [-0.15, -0.1) is 0 Å². The van der Waals surface area contributed by atoms with Crippen LogP contribution in [0.1, 0.15) is 11.1 Å². The number of benzene rings is 2. The van der Waals surface area contributed by atoms with Crippen molar-refractivity contribution in [3.8, 4) is 16.9 Å². The van der Waals surface area contributed by atoms with E-state index in [2.05, 4.69) is 31.2 Å². The van der Waals surface area contributed by atoms with E-state index in [9.17, 15) is 5.11 Å². The molecule has 2 aromatic rings. The van der Waals surface area contributed by atoms with E-state index in [0.717, 1.165) is 16.7 Å². The predicted molar refractivity (Wildman–Crippen MR) is 63.0 cm³/mol. The Balaban J connectivity index is 2.54. The molecule has 0 heterocycles. The minimum absolute atomic E-state index is 0.355. The highest BCUT2D eigenvalue weighted by Gasteiger charge is 2.04. The highest BCUT2D eigenvalue weighted by molar-refractivity contribution is 5.69. The minimum atomic E-state index is 0.355. The lowest BCUT2D eigenvalue weighted by Crippen LogP contribution is -1.83. The van der Waals surface area contributed by atoms with Gasteiger partial charge in [0.15, 0.2) is 0 Å². The first-order valence-corrected chi connectivity index (χ1v) is 5.04. The van der Waals surface area contributed by atoms with Crippen LogP contribution in [0, 0.1) is 13.8 Å². The molecule has 0 unspecified atom stereocenters. The van der Waals surface area contributed by atoms with E-state index in [4.69, 9.17) is 0 Å². The average Bonchev–Trinajstić information content (AvgIpc) is 2.24. The Morgan fingerprint density at radius 3 is 2.20 bits per heavy atom. The standard InChI is InChI=1S/C14H14O/c1-10-6-8-12(9-7-10)13-4-3-5-14(15)11(13)2/h3-9,15H,1-2H3. The molecule has 0 saturated heterocycles. The number of phenolic OH excluding ortho intramolecular Hbond substituents is 1. The molecule has 0 atom stereocenters. The Kier molecular flexibility index (Phi) is 2.46. The van der Waals surface area contributed by atoms with Gasteiger partial charge in [-0.3, -0.25) is 0 Å². The molecule has 1 N–H and O–H groups in total. The molecule has 0 bridgehead atoms.